The van der Waals surface area contributed by atoms with Crippen molar-refractivity contribution in [2.75, 3.05) is 39.0 Å². The molecule has 2 aromatic rings. The molecular weight excluding hydrogens is 438 g/mol. The van der Waals surface area contributed by atoms with Gasteiger partial charge < -0.3 is 10.6 Å². The highest BCUT2D eigenvalue weighted by atomic mass is 32.2. The number of piperidine rings is 1. The van der Waals surface area contributed by atoms with Crippen LogP contribution in [0.3, 0.4) is 0 Å². The van der Waals surface area contributed by atoms with E-state index >= 15 is 0 Å². The van der Waals surface area contributed by atoms with E-state index in [9.17, 15) is 13.8 Å². The van der Waals surface area contributed by atoms with E-state index in [0.29, 0.717) is 0 Å². The Kier molecular flexibility index (Phi) is 8.95. The van der Waals surface area contributed by atoms with Gasteiger partial charge in [-0.25, -0.2) is 8.51 Å². The minimum absolute atomic E-state index is 0.0149. The van der Waals surface area contributed by atoms with Crippen molar-refractivity contribution in [1.82, 2.24) is 24.8 Å². The minimum Gasteiger partial charge on any atom is -0.346 e. The predicted octanol–water partition coefficient (Wildman–Crippen LogP) is 1.22. The molecule has 2 amide bonds. The monoisotopic (exact) mass is 469 g/mol. The molecule has 1 aromatic heterocycles. The molecule has 9 heteroatoms. The van der Waals surface area contributed by atoms with Crippen LogP contribution in [0.2, 0.25) is 0 Å². The molecule has 1 aromatic carbocycles. The highest BCUT2D eigenvalue weighted by Gasteiger charge is 2.30. The topological polar surface area (TPSA) is 94.6 Å². The number of carbonyl (C=O) groups excluding carboxylic acids is 2. The number of terminal acetylenes is 1. The van der Waals surface area contributed by atoms with E-state index in [1.54, 1.807) is 10.6 Å². The molecule has 3 rings (SSSR count). The van der Waals surface area contributed by atoms with Gasteiger partial charge in [0.05, 0.1) is 36.1 Å². The Morgan fingerprint density at radius 1 is 1.24 bits per heavy atom. The van der Waals surface area contributed by atoms with Gasteiger partial charge in [0.1, 0.15) is 0 Å². The van der Waals surface area contributed by atoms with E-state index < -0.39 is 11.0 Å². The Hall–Kier alpha value is -2.80. The molecule has 0 saturated carbocycles. The van der Waals surface area contributed by atoms with Crippen molar-refractivity contribution in [3.05, 3.63) is 42.1 Å². The number of nitrogens with zero attached hydrogens (tertiary/aromatic N) is 3. The van der Waals surface area contributed by atoms with Crippen molar-refractivity contribution >= 4 is 33.7 Å². The first kappa shape index (κ1) is 24.8. The van der Waals surface area contributed by atoms with Crippen LogP contribution in [0.15, 0.2) is 36.5 Å². The number of nitrogens with one attached hydrogen (secondary N) is 2. The van der Waals surface area contributed by atoms with E-state index in [-0.39, 0.29) is 43.5 Å². The largest absolute Gasteiger partial charge is 0.346 e. The highest BCUT2D eigenvalue weighted by Crippen LogP contribution is 2.30. The summed E-state index contributed by atoms with van der Waals surface area (Å²) in [6, 6.07) is 10.5. The summed E-state index contributed by atoms with van der Waals surface area (Å²) in [5, 5.41) is 6.19. The average Bonchev–Trinajstić information content (AvgIpc) is 2.84. The van der Waals surface area contributed by atoms with Gasteiger partial charge in [0.25, 0.3) is 0 Å². The molecule has 0 spiro atoms. The van der Waals surface area contributed by atoms with Crippen molar-refractivity contribution in [3.8, 4) is 12.3 Å². The molecule has 0 bridgehead atoms. The van der Waals surface area contributed by atoms with Crippen molar-refractivity contribution in [3.63, 3.8) is 0 Å². The first-order chi connectivity index (χ1) is 15.9. The van der Waals surface area contributed by atoms with Gasteiger partial charge in [0, 0.05) is 43.0 Å². The first-order valence-electron chi connectivity index (χ1n) is 11.1. The van der Waals surface area contributed by atoms with Crippen molar-refractivity contribution < 1.29 is 13.8 Å². The van der Waals surface area contributed by atoms with Gasteiger partial charge in [0.15, 0.2) is 0 Å². The Bertz CT molecular complexity index is 1040. The number of likely N-dealkylation sites (tertiary alicyclic amines) is 1. The lowest BCUT2D eigenvalue weighted by Gasteiger charge is -2.39. The Balaban J connectivity index is 1.56. The summed E-state index contributed by atoms with van der Waals surface area (Å²) >= 11 is 0. The molecule has 33 heavy (non-hydrogen) atoms. The van der Waals surface area contributed by atoms with Gasteiger partial charge in [-0.05, 0) is 31.4 Å². The number of fused-ring (bicyclic) bond motifs is 1. The fraction of sp³-hybridized carbons (Fsp3) is 0.458. The molecule has 176 valence electrons. The molecule has 1 saturated heterocycles. The van der Waals surface area contributed by atoms with Crippen LogP contribution in [-0.2, 0) is 20.6 Å². The van der Waals surface area contributed by atoms with Crippen LogP contribution in [-0.4, -0.2) is 75.2 Å². The van der Waals surface area contributed by atoms with Crippen molar-refractivity contribution in [2.45, 2.75) is 31.8 Å². The zero-order valence-electron chi connectivity index (χ0n) is 19.1. The van der Waals surface area contributed by atoms with E-state index in [0.717, 1.165) is 36.8 Å². The summed E-state index contributed by atoms with van der Waals surface area (Å²) in [4.78, 5) is 31.0. The maximum atomic E-state index is 12.4. The van der Waals surface area contributed by atoms with Gasteiger partial charge in [-0.3, -0.25) is 19.5 Å². The maximum absolute atomic E-state index is 12.4. The van der Waals surface area contributed by atoms with Gasteiger partial charge >= 0.3 is 0 Å². The lowest BCUT2D eigenvalue weighted by atomic mass is 9.98. The number of amides is 2. The van der Waals surface area contributed by atoms with Crippen molar-refractivity contribution in [1.29, 1.82) is 0 Å². The fourth-order valence-corrected chi connectivity index (χ4v) is 5.17. The minimum atomic E-state index is -1.30. The van der Waals surface area contributed by atoms with Gasteiger partial charge in [0.2, 0.25) is 11.8 Å². The molecule has 2 N–H and O–H groups in total. The summed E-state index contributed by atoms with van der Waals surface area (Å²) in [6.45, 7) is 3.81. The molecule has 2 heterocycles. The fourth-order valence-electron chi connectivity index (χ4n) is 4.24. The van der Waals surface area contributed by atoms with Crippen LogP contribution in [0, 0.1) is 12.3 Å². The van der Waals surface area contributed by atoms with Gasteiger partial charge in [-0.1, -0.05) is 30.2 Å². The first-order valence-corrected chi connectivity index (χ1v) is 12.6. The van der Waals surface area contributed by atoms with E-state index in [1.807, 2.05) is 12.3 Å². The summed E-state index contributed by atoms with van der Waals surface area (Å²) in [5.41, 5.74) is 2.22. The molecule has 1 aliphatic rings. The second kappa shape index (κ2) is 11.9. The zero-order valence-corrected chi connectivity index (χ0v) is 19.9. The summed E-state index contributed by atoms with van der Waals surface area (Å²) < 4.78 is 14.1. The van der Waals surface area contributed by atoms with Crippen LogP contribution in [0.5, 0.6) is 0 Å². The third kappa shape index (κ3) is 6.60. The molecular formula is C24H31N5O3S. The lowest BCUT2D eigenvalue weighted by Crippen LogP contribution is -2.49. The lowest BCUT2D eigenvalue weighted by molar-refractivity contribution is -0.126. The van der Waals surface area contributed by atoms with Crippen LogP contribution in [0.25, 0.3) is 10.9 Å². The molecule has 1 fully saturated rings. The molecule has 8 nitrogen and oxygen atoms in total. The number of rotatable bonds is 9. The standard InChI is InChI=1S/C24H31N5O3S/c1-4-12-25-22(30)16-27-23(31)17-29(33(3)32)20-10-14-28(15-11-20)18(2)21-9-5-7-19-8-6-13-26-24(19)21/h1,5-9,13,18,20H,10-12,14-17H2,2-3H3,(H,25,30)(H,27,31). The van der Waals surface area contributed by atoms with Crippen LogP contribution < -0.4 is 10.6 Å². The van der Waals surface area contributed by atoms with Crippen LogP contribution >= 0.6 is 0 Å². The Labute approximate surface area is 197 Å². The zero-order chi connectivity index (χ0) is 23.8. The normalized spacial score (nSPS) is 16.8. The smallest absolute Gasteiger partial charge is 0.240 e. The molecule has 2 atom stereocenters. The molecule has 0 aliphatic carbocycles. The van der Waals surface area contributed by atoms with E-state index in [1.165, 1.54) is 5.56 Å². The molecule has 0 radical (unpaired) electrons. The summed E-state index contributed by atoms with van der Waals surface area (Å²) in [6.07, 6.45) is 10.1. The number of benzene rings is 1. The SMILES string of the molecule is C#CCNC(=O)CNC(=O)CN(C1CCN(C(C)c2cccc3cccnc23)CC1)S(C)=O. The third-order valence-electron chi connectivity index (χ3n) is 6.03. The third-order valence-corrected chi connectivity index (χ3v) is 7.12. The summed E-state index contributed by atoms with van der Waals surface area (Å²) in [7, 11) is -1.30. The predicted molar refractivity (Wildman–Crippen MR) is 130 cm³/mol. The molecule has 1 aliphatic heterocycles. The maximum Gasteiger partial charge on any atom is 0.240 e. The van der Waals surface area contributed by atoms with Crippen molar-refractivity contribution in [2.24, 2.45) is 0 Å². The second-order valence-electron chi connectivity index (χ2n) is 8.12. The number of hydrogen-bond donors (Lipinski definition) is 2. The van der Waals surface area contributed by atoms with Gasteiger partial charge in [-0.2, -0.15) is 0 Å². The van der Waals surface area contributed by atoms with Crippen LogP contribution in [0.1, 0.15) is 31.4 Å². The number of hydrogen-bond acceptors (Lipinski definition) is 5. The highest BCUT2D eigenvalue weighted by molar-refractivity contribution is 7.81. The Morgan fingerprint density at radius 2 is 1.97 bits per heavy atom. The second-order valence-corrected chi connectivity index (χ2v) is 9.44. The number of pyridine rings is 1. The average molecular weight is 470 g/mol. The number of para-hydroxylation sites is 1. The quantitative estimate of drug-likeness (QED) is 0.539. The Morgan fingerprint density at radius 3 is 2.67 bits per heavy atom. The van der Waals surface area contributed by atoms with Gasteiger partial charge in [-0.15, -0.1) is 6.42 Å². The number of aromatic nitrogens is 1. The summed E-state index contributed by atoms with van der Waals surface area (Å²) in [5.74, 6) is 1.62. The number of carbonyl (C=O) groups is 2. The van der Waals surface area contributed by atoms with E-state index in [4.69, 9.17) is 6.42 Å². The van der Waals surface area contributed by atoms with Crippen LogP contribution in [0.4, 0.5) is 0 Å². The van der Waals surface area contributed by atoms with E-state index in [2.05, 4.69) is 57.6 Å². The molecule has 2 unspecified atom stereocenters.